The first-order valence-corrected chi connectivity index (χ1v) is 8.82. The summed E-state index contributed by atoms with van der Waals surface area (Å²) in [6.45, 7) is -0.584. The Kier molecular flexibility index (Phi) is 5.58. The van der Waals surface area contributed by atoms with Gasteiger partial charge in [0.15, 0.2) is 0 Å². The smallest absolute Gasteiger partial charge is 0.354 e. The molecule has 4 amide bonds. The lowest BCUT2D eigenvalue weighted by Crippen LogP contribution is -2.56. The fourth-order valence-corrected chi connectivity index (χ4v) is 3.15. The van der Waals surface area contributed by atoms with E-state index in [0.717, 1.165) is 17.7 Å². The largest absolute Gasteiger partial charge is 0.425 e. The molecule has 1 unspecified atom stereocenters. The fraction of sp³-hybridized carbons (Fsp3) is 0.250. The van der Waals surface area contributed by atoms with Crippen molar-refractivity contribution < 1.29 is 27.6 Å². The Balaban J connectivity index is 1.71. The van der Waals surface area contributed by atoms with Crippen molar-refractivity contribution in [1.82, 2.24) is 15.5 Å². The van der Waals surface area contributed by atoms with E-state index in [1.165, 1.54) is 18.2 Å². The predicted molar refractivity (Wildman–Crippen MR) is 97.6 cm³/mol. The molecular weight excluding hydrogens is 387 g/mol. The summed E-state index contributed by atoms with van der Waals surface area (Å²) in [4.78, 5) is 37.2. The molecular formula is C20H18F3N3O3. The van der Waals surface area contributed by atoms with Gasteiger partial charge in [-0.3, -0.25) is 14.5 Å². The molecule has 0 spiro atoms. The van der Waals surface area contributed by atoms with Gasteiger partial charge >= 0.3 is 12.2 Å². The number of hydrogen-bond acceptors (Lipinski definition) is 3. The number of nitrogens with zero attached hydrogens (tertiary/aromatic N) is 1. The molecule has 0 saturated carbocycles. The average molecular weight is 405 g/mol. The number of rotatable bonds is 6. The van der Waals surface area contributed by atoms with Gasteiger partial charge in [0.1, 0.15) is 6.54 Å². The van der Waals surface area contributed by atoms with Gasteiger partial charge in [-0.05, 0) is 17.5 Å². The lowest BCUT2D eigenvalue weighted by Gasteiger charge is -2.29. The van der Waals surface area contributed by atoms with Crippen molar-refractivity contribution in [2.24, 2.45) is 0 Å². The molecule has 2 N–H and O–H groups in total. The van der Waals surface area contributed by atoms with Crippen molar-refractivity contribution in [3.63, 3.8) is 0 Å². The van der Waals surface area contributed by atoms with E-state index in [1.54, 1.807) is 5.32 Å². The van der Waals surface area contributed by atoms with Gasteiger partial charge in [-0.25, -0.2) is 4.79 Å². The average Bonchev–Trinajstić information content (AvgIpc) is 2.95. The Morgan fingerprint density at radius 2 is 1.59 bits per heavy atom. The number of urea groups is 1. The molecule has 1 saturated heterocycles. The molecule has 0 aromatic heterocycles. The van der Waals surface area contributed by atoms with Crippen LogP contribution in [0.5, 0.6) is 0 Å². The predicted octanol–water partition coefficient (Wildman–Crippen LogP) is 2.35. The minimum Gasteiger partial charge on any atom is -0.354 e. The standard InChI is InChI=1S/C20H18F3N3O3/c21-20(22,23)19(15-9-5-2-6-10-15)17(28)26(18(29)25-19)13-16(27)24-12-11-14-7-3-1-4-8-14/h1-10H,11-13H2,(H,24,27)(H,25,29). The monoisotopic (exact) mass is 405 g/mol. The summed E-state index contributed by atoms with van der Waals surface area (Å²) in [5.41, 5.74) is -2.67. The van der Waals surface area contributed by atoms with Crippen molar-refractivity contribution in [3.8, 4) is 0 Å². The molecule has 1 aliphatic rings. The third-order valence-electron chi connectivity index (χ3n) is 4.62. The lowest BCUT2D eigenvalue weighted by atomic mass is 9.89. The first kappa shape index (κ1) is 20.4. The van der Waals surface area contributed by atoms with Crippen molar-refractivity contribution in [2.45, 2.75) is 18.1 Å². The minimum atomic E-state index is -5.08. The van der Waals surface area contributed by atoms with Gasteiger partial charge in [0, 0.05) is 6.54 Å². The van der Waals surface area contributed by atoms with Crippen LogP contribution in [0.15, 0.2) is 60.7 Å². The van der Waals surface area contributed by atoms with Crippen molar-refractivity contribution >= 4 is 17.8 Å². The normalized spacial score (nSPS) is 19.2. The maximum absolute atomic E-state index is 13.9. The summed E-state index contributed by atoms with van der Waals surface area (Å²) in [7, 11) is 0. The second-order valence-electron chi connectivity index (χ2n) is 6.52. The summed E-state index contributed by atoms with van der Waals surface area (Å²) in [6, 6.07) is 14.4. The van der Waals surface area contributed by atoms with E-state index in [4.69, 9.17) is 0 Å². The highest BCUT2D eigenvalue weighted by molar-refractivity contribution is 6.09. The molecule has 2 aromatic carbocycles. The number of hydrogen-bond donors (Lipinski definition) is 2. The quantitative estimate of drug-likeness (QED) is 0.725. The fourth-order valence-electron chi connectivity index (χ4n) is 3.15. The van der Waals surface area contributed by atoms with Crippen LogP contribution in [0.1, 0.15) is 11.1 Å². The van der Waals surface area contributed by atoms with Crippen LogP contribution in [-0.2, 0) is 21.5 Å². The zero-order valence-corrected chi connectivity index (χ0v) is 15.2. The Bertz CT molecular complexity index is 903. The van der Waals surface area contributed by atoms with Crippen molar-refractivity contribution in [3.05, 3.63) is 71.8 Å². The molecule has 1 atom stereocenters. The highest BCUT2D eigenvalue weighted by Gasteiger charge is 2.68. The molecule has 3 rings (SSSR count). The van der Waals surface area contributed by atoms with Crippen LogP contribution in [0.25, 0.3) is 0 Å². The summed E-state index contributed by atoms with van der Waals surface area (Å²) >= 11 is 0. The van der Waals surface area contributed by atoms with E-state index >= 15 is 0 Å². The van der Waals surface area contributed by atoms with E-state index in [-0.39, 0.29) is 6.54 Å². The number of carbonyl (C=O) groups is 3. The zero-order chi connectivity index (χ0) is 21.1. The number of imide groups is 1. The SMILES string of the molecule is O=C(CN1C(=O)NC(c2ccccc2)(C(F)(F)F)C1=O)NCCc1ccccc1. The van der Waals surface area contributed by atoms with Gasteiger partial charge < -0.3 is 10.6 Å². The number of nitrogens with one attached hydrogen (secondary N) is 2. The molecule has 0 bridgehead atoms. The van der Waals surface area contributed by atoms with E-state index in [9.17, 15) is 27.6 Å². The summed E-state index contributed by atoms with van der Waals surface area (Å²) in [6.07, 6.45) is -4.58. The second-order valence-corrected chi connectivity index (χ2v) is 6.52. The molecule has 1 fully saturated rings. The van der Waals surface area contributed by atoms with Crippen LogP contribution in [0, 0.1) is 0 Å². The lowest BCUT2D eigenvalue weighted by molar-refractivity contribution is -0.198. The first-order chi connectivity index (χ1) is 13.8. The molecule has 1 aliphatic heterocycles. The summed E-state index contributed by atoms with van der Waals surface area (Å²) in [5.74, 6) is -2.25. The second kappa shape index (κ2) is 7.94. The van der Waals surface area contributed by atoms with Gasteiger partial charge in [-0.15, -0.1) is 0 Å². The molecule has 29 heavy (non-hydrogen) atoms. The highest BCUT2D eigenvalue weighted by Crippen LogP contribution is 2.43. The van der Waals surface area contributed by atoms with E-state index in [2.05, 4.69) is 5.32 Å². The van der Waals surface area contributed by atoms with Crippen molar-refractivity contribution in [2.75, 3.05) is 13.1 Å². The molecule has 152 valence electrons. The number of halogens is 3. The highest BCUT2D eigenvalue weighted by atomic mass is 19.4. The summed E-state index contributed by atoms with van der Waals surface area (Å²) < 4.78 is 41.6. The third kappa shape index (κ3) is 3.94. The Labute approximate surface area is 164 Å². The van der Waals surface area contributed by atoms with E-state index in [0.29, 0.717) is 11.3 Å². The molecule has 9 heteroatoms. The molecule has 2 aromatic rings. The third-order valence-corrected chi connectivity index (χ3v) is 4.62. The van der Waals surface area contributed by atoms with Crippen molar-refractivity contribution in [1.29, 1.82) is 0 Å². The van der Waals surface area contributed by atoms with Gasteiger partial charge in [-0.1, -0.05) is 60.7 Å². The number of alkyl halides is 3. The van der Waals surface area contributed by atoms with E-state index < -0.39 is 41.7 Å². The zero-order valence-electron chi connectivity index (χ0n) is 15.2. The number of carbonyl (C=O) groups excluding carboxylic acids is 3. The van der Waals surface area contributed by atoms with Gasteiger partial charge in [0.2, 0.25) is 11.4 Å². The van der Waals surface area contributed by atoms with Gasteiger partial charge in [-0.2, -0.15) is 13.2 Å². The van der Waals surface area contributed by atoms with Crippen LogP contribution in [0.2, 0.25) is 0 Å². The van der Waals surface area contributed by atoms with Crippen LogP contribution in [0.4, 0.5) is 18.0 Å². The van der Waals surface area contributed by atoms with Gasteiger partial charge in [0.25, 0.3) is 5.91 Å². The summed E-state index contributed by atoms with van der Waals surface area (Å²) in [5, 5.41) is 4.25. The maximum Gasteiger partial charge on any atom is 0.425 e. The Hall–Kier alpha value is -3.36. The van der Waals surface area contributed by atoms with Gasteiger partial charge in [0.05, 0.1) is 0 Å². The van der Waals surface area contributed by atoms with E-state index in [1.807, 2.05) is 30.3 Å². The van der Waals surface area contributed by atoms with Crippen LogP contribution < -0.4 is 10.6 Å². The molecule has 0 aliphatic carbocycles. The minimum absolute atomic E-state index is 0.218. The van der Waals surface area contributed by atoms with Crippen LogP contribution in [0.3, 0.4) is 0 Å². The van der Waals surface area contributed by atoms with Crippen LogP contribution >= 0.6 is 0 Å². The topological polar surface area (TPSA) is 78.5 Å². The maximum atomic E-state index is 13.9. The molecule has 6 nitrogen and oxygen atoms in total. The van der Waals surface area contributed by atoms with Crippen LogP contribution in [-0.4, -0.2) is 42.0 Å². The molecule has 0 radical (unpaired) electrons. The molecule has 1 heterocycles. The number of amides is 4. The Morgan fingerprint density at radius 3 is 2.17 bits per heavy atom. The first-order valence-electron chi connectivity index (χ1n) is 8.82. The Morgan fingerprint density at radius 1 is 1.00 bits per heavy atom. The number of benzene rings is 2.